The van der Waals surface area contributed by atoms with Crippen molar-refractivity contribution in [2.24, 2.45) is 0 Å². The van der Waals surface area contributed by atoms with Gasteiger partial charge in [0, 0.05) is 28.4 Å². The number of nitrogens with one attached hydrogen (secondary N) is 1. The van der Waals surface area contributed by atoms with Gasteiger partial charge in [0.1, 0.15) is 18.5 Å². The van der Waals surface area contributed by atoms with Gasteiger partial charge in [0.2, 0.25) is 0 Å². The van der Waals surface area contributed by atoms with E-state index in [1.807, 2.05) is 32.0 Å². The second-order valence-corrected chi connectivity index (χ2v) is 6.05. The van der Waals surface area contributed by atoms with Crippen molar-refractivity contribution < 1.29 is 9.84 Å². The Kier molecular flexibility index (Phi) is 5.71. The van der Waals surface area contributed by atoms with Crippen LogP contribution in [0.1, 0.15) is 13.8 Å². The Morgan fingerprint density at radius 1 is 1.14 bits per heavy atom. The van der Waals surface area contributed by atoms with E-state index in [1.165, 1.54) is 0 Å². The molecule has 0 heterocycles. The van der Waals surface area contributed by atoms with E-state index in [1.54, 1.807) is 12.1 Å². The van der Waals surface area contributed by atoms with Gasteiger partial charge in [-0.3, -0.25) is 0 Å². The number of halogens is 2. The predicted molar refractivity (Wildman–Crippen MR) is 88.6 cm³/mol. The summed E-state index contributed by atoms with van der Waals surface area (Å²) < 4.78 is 5.72. The van der Waals surface area contributed by atoms with E-state index < -0.39 is 6.10 Å². The average Bonchev–Trinajstić information content (AvgIpc) is 2.46. The van der Waals surface area contributed by atoms with E-state index in [2.05, 4.69) is 5.32 Å². The average molecular weight is 328 g/mol. The minimum atomic E-state index is -0.583. The van der Waals surface area contributed by atoms with E-state index in [9.17, 15) is 5.11 Å². The molecule has 2 rings (SSSR count). The van der Waals surface area contributed by atoms with Gasteiger partial charge in [-0.25, -0.2) is 0 Å². The number of hydrogen-bond acceptors (Lipinski definition) is 3. The molecule has 2 aromatic rings. The molecule has 0 saturated carbocycles. The molecule has 0 radical (unpaired) electrons. The number of hydrogen-bond donors (Lipinski definition) is 2. The molecule has 2 N–H and O–H groups in total. The fourth-order valence-electron chi connectivity index (χ4n) is 2.03. The quantitative estimate of drug-likeness (QED) is 0.845. The van der Waals surface area contributed by atoms with Crippen molar-refractivity contribution in [1.82, 2.24) is 5.32 Å². The van der Waals surface area contributed by atoms with Crippen LogP contribution in [0.4, 0.5) is 0 Å². The van der Waals surface area contributed by atoms with E-state index in [4.69, 9.17) is 27.9 Å². The lowest BCUT2D eigenvalue weighted by atomic mass is 10.1. The lowest BCUT2D eigenvalue weighted by Gasteiger charge is -2.16. The van der Waals surface area contributed by atoms with E-state index in [0.29, 0.717) is 28.4 Å². The standard InChI is InChI=1S/C16H19Cl2NO2/c1-10(2)19-8-11(20)9-21-15-5-3-4-12-13(17)6-7-14(18)16(12)15/h3-7,10-11,19-20H,8-9H2,1-2H3/t11-/m1/s1. The van der Waals surface area contributed by atoms with Crippen LogP contribution in [0.25, 0.3) is 10.8 Å². The first-order valence-corrected chi connectivity index (χ1v) is 7.65. The van der Waals surface area contributed by atoms with Gasteiger partial charge in [0.25, 0.3) is 0 Å². The van der Waals surface area contributed by atoms with Gasteiger partial charge in [0.05, 0.1) is 5.02 Å². The second-order valence-electron chi connectivity index (χ2n) is 5.24. The third-order valence-corrected chi connectivity index (χ3v) is 3.74. The fourth-order valence-corrected chi connectivity index (χ4v) is 2.51. The van der Waals surface area contributed by atoms with Crippen molar-refractivity contribution in [3.05, 3.63) is 40.4 Å². The number of ether oxygens (including phenoxy) is 1. The molecule has 0 aliphatic carbocycles. The maximum Gasteiger partial charge on any atom is 0.128 e. The number of rotatable bonds is 6. The second kappa shape index (κ2) is 7.32. The van der Waals surface area contributed by atoms with Gasteiger partial charge >= 0.3 is 0 Å². The molecule has 0 bridgehead atoms. The van der Waals surface area contributed by atoms with Crippen LogP contribution < -0.4 is 10.1 Å². The Morgan fingerprint density at radius 3 is 2.57 bits per heavy atom. The van der Waals surface area contributed by atoms with Crippen LogP contribution >= 0.6 is 23.2 Å². The van der Waals surface area contributed by atoms with Crippen molar-refractivity contribution in [2.45, 2.75) is 26.0 Å². The Morgan fingerprint density at radius 2 is 1.86 bits per heavy atom. The highest BCUT2D eigenvalue weighted by atomic mass is 35.5. The van der Waals surface area contributed by atoms with E-state index >= 15 is 0 Å². The molecule has 1 atom stereocenters. The molecule has 21 heavy (non-hydrogen) atoms. The highest BCUT2D eigenvalue weighted by molar-refractivity contribution is 6.40. The van der Waals surface area contributed by atoms with Crippen molar-refractivity contribution in [3.63, 3.8) is 0 Å². The number of fused-ring (bicyclic) bond motifs is 1. The molecule has 5 heteroatoms. The minimum Gasteiger partial charge on any atom is -0.490 e. The SMILES string of the molecule is CC(C)NC[C@@H](O)COc1cccc2c(Cl)ccc(Cl)c12. The summed E-state index contributed by atoms with van der Waals surface area (Å²) in [4.78, 5) is 0. The first-order chi connectivity index (χ1) is 9.99. The predicted octanol–water partition coefficient (Wildman–Crippen LogP) is 3.88. The zero-order valence-electron chi connectivity index (χ0n) is 12.1. The third-order valence-electron chi connectivity index (χ3n) is 3.09. The maximum atomic E-state index is 9.91. The Labute approximate surface area is 134 Å². The summed E-state index contributed by atoms with van der Waals surface area (Å²) in [5.41, 5.74) is 0. The van der Waals surface area contributed by atoms with Crippen LogP contribution in [0.5, 0.6) is 5.75 Å². The lowest BCUT2D eigenvalue weighted by Crippen LogP contribution is -2.35. The number of aliphatic hydroxyl groups excluding tert-OH is 1. The largest absolute Gasteiger partial charge is 0.490 e. The Hall–Kier alpha value is -1.00. The topological polar surface area (TPSA) is 41.5 Å². The molecule has 0 saturated heterocycles. The molecule has 0 fully saturated rings. The van der Waals surface area contributed by atoms with Crippen molar-refractivity contribution in [1.29, 1.82) is 0 Å². The Bertz CT molecular complexity index is 616. The monoisotopic (exact) mass is 327 g/mol. The Balaban J connectivity index is 2.14. The normalized spacial score (nSPS) is 12.9. The van der Waals surface area contributed by atoms with Crippen molar-refractivity contribution in [3.8, 4) is 5.75 Å². The molecule has 3 nitrogen and oxygen atoms in total. The van der Waals surface area contributed by atoms with Crippen LogP contribution in [-0.4, -0.2) is 30.4 Å². The van der Waals surface area contributed by atoms with E-state index in [0.717, 1.165) is 10.8 Å². The summed E-state index contributed by atoms with van der Waals surface area (Å²) in [6.45, 7) is 4.73. The number of benzene rings is 2. The summed E-state index contributed by atoms with van der Waals surface area (Å²) in [7, 11) is 0. The molecular weight excluding hydrogens is 309 g/mol. The summed E-state index contributed by atoms with van der Waals surface area (Å²) in [5.74, 6) is 0.628. The minimum absolute atomic E-state index is 0.196. The van der Waals surface area contributed by atoms with Crippen LogP contribution in [0, 0.1) is 0 Å². The van der Waals surface area contributed by atoms with Crippen LogP contribution in [0.2, 0.25) is 10.0 Å². The first kappa shape index (κ1) is 16.4. The summed E-state index contributed by atoms with van der Waals surface area (Å²) in [6.07, 6.45) is -0.583. The molecule has 0 aromatic heterocycles. The summed E-state index contributed by atoms with van der Waals surface area (Å²) in [6, 6.07) is 9.41. The molecule has 0 spiro atoms. The molecule has 0 aliphatic heterocycles. The van der Waals surface area contributed by atoms with E-state index in [-0.39, 0.29) is 6.61 Å². The maximum absolute atomic E-state index is 9.91. The van der Waals surface area contributed by atoms with Crippen LogP contribution in [0.15, 0.2) is 30.3 Å². The van der Waals surface area contributed by atoms with Gasteiger partial charge in [-0.1, -0.05) is 49.2 Å². The molecule has 0 unspecified atom stereocenters. The van der Waals surface area contributed by atoms with Crippen molar-refractivity contribution >= 4 is 34.0 Å². The molecule has 114 valence electrons. The number of aliphatic hydroxyl groups is 1. The molecule has 2 aromatic carbocycles. The van der Waals surface area contributed by atoms with Gasteiger partial charge in [-0.15, -0.1) is 0 Å². The van der Waals surface area contributed by atoms with Crippen LogP contribution in [-0.2, 0) is 0 Å². The molecular formula is C16H19Cl2NO2. The van der Waals surface area contributed by atoms with Crippen LogP contribution in [0.3, 0.4) is 0 Å². The fraction of sp³-hybridized carbons (Fsp3) is 0.375. The summed E-state index contributed by atoms with van der Waals surface area (Å²) >= 11 is 12.4. The smallest absolute Gasteiger partial charge is 0.128 e. The van der Waals surface area contributed by atoms with Gasteiger partial charge < -0.3 is 15.2 Å². The van der Waals surface area contributed by atoms with Crippen molar-refractivity contribution in [2.75, 3.05) is 13.2 Å². The zero-order valence-corrected chi connectivity index (χ0v) is 13.6. The molecule has 0 amide bonds. The summed E-state index contributed by atoms with van der Waals surface area (Å²) in [5, 5.41) is 15.9. The lowest BCUT2D eigenvalue weighted by molar-refractivity contribution is 0.105. The van der Waals surface area contributed by atoms with Gasteiger partial charge in [-0.2, -0.15) is 0 Å². The highest BCUT2D eigenvalue weighted by Crippen LogP contribution is 2.36. The first-order valence-electron chi connectivity index (χ1n) is 6.90. The van der Waals surface area contributed by atoms with Gasteiger partial charge in [0.15, 0.2) is 0 Å². The molecule has 0 aliphatic rings. The zero-order chi connectivity index (χ0) is 15.4. The third kappa shape index (κ3) is 4.24. The highest BCUT2D eigenvalue weighted by Gasteiger charge is 2.11. The van der Waals surface area contributed by atoms with Gasteiger partial charge in [-0.05, 0) is 18.2 Å².